The van der Waals surface area contributed by atoms with Crippen LogP contribution in [-0.2, 0) is 17.9 Å². The van der Waals surface area contributed by atoms with Crippen LogP contribution in [0.15, 0.2) is 36.9 Å². The molecule has 1 saturated heterocycles. The number of rotatable bonds is 7. The number of likely N-dealkylation sites (tertiary alicyclic amines) is 1. The third-order valence-corrected chi connectivity index (χ3v) is 4.51. The second kappa shape index (κ2) is 8.62. The number of methoxy groups -OCH3 is 1. The lowest BCUT2D eigenvalue weighted by atomic mass is 9.98. The van der Waals surface area contributed by atoms with Crippen molar-refractivity contribution in [1.29, 1.82) is 0 Å². The van der Waals surface area contributed by atoms with Crippen molar-refractivity contribution in [2.45, 2.75) is 25.9 Å². The highest BCUT2D eigenvalue weighted by atomic mass is 16.5. The van der Waals surface area contributed by atoms with Crippen molar-refractivity contribution in [3.05, 3.63) is 42.5 Å². The fourth-order valence-electron chi connectivity index (χ4n) is 3.28. The summed E-state index contributed by atoms with van der Waals surface area (Å²) >= 11 is 0. The Kier molecular flexibility index (Phi) is 6.00. The zero-order chi connectivity index (χ0) is 17.5. The number of aromatic nitrogens is 3. The lowest BCUT2D eigenvalue weighted by Crippen LogP contribution is -2.43. The molecule has 0 spiro atoms. The Morgan fingerprint density at radius 1 is 1.44 bits per heavy atom. The first-order chi connectivity index (χ1) is 12.2. The van der Waals surface area contributed by atoms with Gasteiger partial charge in [0.15, 0.2) is 0 Å². The molecule has 1 aromatic carbocycles. The number of hydrogen-bond acceptors (Lipinski definition) is 5. The van der Waals surface area contributed by atoms with Gasteiger partial charge in [0.05, 0.1) is 13.7 Å². The maximum atomic E-state index is 12.3. The number of benzene rings is 1. The van der Waals surface area contributed by atoms with E-state index < -0.39 is 0 Å². The number of hydrogen-bond donors (Lipinski definition) is 1. The van der Waals surface area contributed by atoms with Crippen molar-refractivity contribution in [3.63, 3.8) is 0 Å². The van der Waals surface area contributed by atoms with Gasteiger partial charge in [-0.25, -0.2) is 4.98 Å². The minimum Gasteiger partial charge on any atom is -0.497 e. The molecule has 1 atom stereocenters. The Morgan fingerprint density at radius 2 is 2.36 bits per heavy atom. The monoisotopic (exact) mass is 343 g/mol. The summed E-state index contributed by atoms with van der Waals surface area (Å²) in [6.45, 7) is 3.72. The minimum absolute atomic E-state index is 0.0595. The summed E-state index contributed by atoms with van der Waals surface area (Å²) in [5, 5.41) is 7.17. The summed E-state index contributed by atoms with van der Waals surface area (Å²) in [6, 6.07) is 7.75. The molecule has 1 fully saturated rings. The van der Waals surface area contributed by atoms with Gasteiger partial charge in [-0.05, 0) is 43.0 Å². The predicted octanol–water partition coefficient (Wildman–Crippen LogP) is 1.32. The van der Waals surface area contributed by atoms with E-state index in [9.17, 15) is 4.79 Å². The minimum atomic E-state index is 0.0595. The van der Waals surface area contributed by atoms with E-state index in [-0.39, 0.29) is 5.91 Å². The van der Waals surface area contributed by atoms with Crippen LogP contribution in [0.3, 0.4) is 0 Å². The summed E-state index contributed by atoms with van der Waals surface area (Å²) in [5.41, 5.74) is 1.04. The average molecular weight is 343 g/mol. The zero-order valence-electron chi connectivity index (χ0n) is 14.6. The molecule has 1 aromatic heterocycles. The maximum Gasteiger partial charge on any atom is 0.234 e. The molecule has 25 heavy (non-hydrogen) atoms. The topological polar surface area (TPSA) is 72.3 Å². The molecule has 0 bridgehead atoms. The molecule has 7 nitrogen and oxygen atoms in total. The molecular formula is C18H25N5O2. The number of carbonyl (C=O) groups excluding carboxylic acids is 1. The van der Waals surface area contributed by atoms with Crippen molar-refractivity contribution in [1.82, 2.24) is 25.0 Å². The van der Waals surface area contributed by atoms with Crippen molar-refractivity contribution in [2.75, 3.05) is 26.7 Å². The number of ether oxygens (including phenoxy) is 1. The molecule has 0 unspecified atom stereocenters. The molecule has 3 rings (SSSR count). The maximum absolute atomic E-state index is 12.3. The van der Waals surface area contributed by atoms with E-state index >= 15 is 0 Å². The highest BCUT2D eigenvalue weighted by Crippen LogP contribution is 2.17. The Hall–Kier alpha value is -2.41. The number of amides is 1. The van der Waals surface area contributed by atoms with Gasteiger partial charge in [-0.15, -0.1) is 0 Å². The van der Waals surface area contributed by atoms with Crippen LogP contribution in [0.25, 0.3) is 0 Å². The molecule has 134 valence electrons. The van der Waals surface area contributed by atoms with Crippen LogP contribution in [0.5, 0.6) is 5.75 Å². The van der Waals surface area contributed by atoms with Crippen LogP contribution in [0.4, 0.5) is 0 Å². The molecule has 7 heteroatoms. The fraction of sp³-hybridized carbons (Fsp3) is 0.500. The Balaban J connectivity index is 1.43. The van der Waals surface area contributed by atoms with Crippen molar-refractivity contribution < 1.29 is 9.53 Å². The molecular weight excluding hydrogens is 318 g/mol. The van der Waals surface area contributed by atoms with Gasteiger partial charge >= 0.3 is 0 Å². The molecule has 0 saturated carbocycles. The number of nitrogens with one attached hydrogen (secondary N) is 1. The molecule has 1 N–H and O–H groups in total. The molecule has 0 aliphatic carbocycles. The van der Waals surface area contributed by atoms with Gasteiger partial charge in [0.2, 0.25) is 5.91 Å². The molecule has 1 aliphatic heterocycles. The third-order valence-electron chi connectivity index (χ3n) is 4.51. The van der Waals surface area contributed by atoms with Gasteiger partial charge in [0.1, 0.15) is 18.4 Å². The van der Waals surface area contributed by atoms with Crippen molar-refractivity contribution >= 4 is 5.91 Å². The van der Waals surface area contributed by atoms with E-state index in [4.69, 9.17) is 4.74 Å². The fourth-order valence-corrected chi connectivity index (χ4v) is 3.28. The first kappa shape index (κ1) is 17.4. The largest absolute Gasteiger partial charge is 0.497 e. The Labute approximate surface area is 148 Å². The normalized spacial score (nSPS) is 18.0. The Bertz CT molecular complexity index is 674. The second-order valence-corrected chi connectivity index (χ2v) is 6.49. The smallest absolute Gasteiger partial charge is 0.234 e. The van der Waals surface area contributed by atoms with E-state index in [1.54, 1.807) is 19.8 Å². The lowest BCUT2D eigenvalue weighted by Gasteiger charge is -2.32. The van der Waals surface area contributed by atoms with Gasteiger partial charge in [-0.3, -0.25) is 14.4 Å². The summed E-state index contributed by atoms with van der Waals surface area (Å²) < 4.78 is 7.08. The highest BCUT2D eigenvalue weighted by molar-refractivity contribution is 5.78. The van der Waals surface area contributed by atoms with Crippen LogP contribution >= 0.6 is 0 Å². The van der Waals surface area contributed by atoms with E-state index in [2.05, 4.69) is 20.3 Å². The number of nitrogens with zero attached hydrogens (tertiary/aromatic N) is 4. The average Bonchev–Trinajstić information content (AvgIpc) is 3.13. The molecule has 0 radical (unpaired) electrons. The van der Waals surface area contributed by atoms with Crippen molar-refractivity contribution in [3.8, 4) is 5.75 Å². The molecule has 1 amide bonds. The van der Waals surface area contributed by atoms with Gasteiger partial charge in [0.25, 0.3) is 0 Å². The summed E-state index contributed by atoms with van der Waals surface area (Å²) in [7, 11) is 1.64. The summed E-state index contributed by atoms with van der Waals surface area (Å²) in [4.78, 5) is 18.5. The predicted molar refractivity (Wildman–Crippen MR) is 94.0 cm³/mol. The first-order valence-corrected chi connectivity index (χ1v) is 8.67. The summed E-state index contributed by atoms with van der Waals surface area (Å²) in [6.07, 6.45) is 5.59. The molecule has 1 aliphatic rings. The van der Waals surface area contributed by atoms with E-state index in [0.29, 0.717) is 19.0 Å². The molecule has 2 aromatic rings. The lowest BCUT2D eigenvalue weighted by molar-refractivity contribution is -0.122. The van der Waals surface area contributed by atoms with E-state index in [1.807, 2.05) is 28.9 Å². The van der Waals surface area contributed by atoms with Crippen molar-refractivity contribution in [2.24, 2.45) is 5.92 Å². The Morgan fingerprint density at radius 3 is 3.16 bits per heavy atom. The van der Waals surface area contributed by atoms with Crippen LogP contribution in [-0.4, -0.2) is 52.3 Å². The molecule has 2 heterocycles. The van der Waals surface area contributed by atoms with E-state index in [1.165, 1.54) is 6.42 Å². The highest BCUT2D eigenvalue weighted by Gasteiger charge is 2.22. The van der Waals surface area contributed by atoms with Gasteiger partial charge in [-0.1, -0.05) is 12.1 Å². The standard InChI is InChI=1S/C18H25N5O2/c1-25-17-6-2-4-15(8-17)9-20-18(24)12-22-7-3-5-16(10-22)11-23-14-19-13-21-23/h2,4,6,8,13-14,16H,3,5,7,9-12H2,1H3,(H,20,24)/t16-/m0/s1. The number of carbonyl (C=O) groups is 1. The quantitative estimate of drug-likeness (QED) is 0.821. The SMILES string of the molecule is COc1cccc(CNC(=O)CN2CCC[C@H](Cn3cncn3)C2)c1. The summed E-state index contributed by atoms with van der Waals surface area (Å²) in [5.74, 6) is 1.38. The zero-order valence-corrected chi connectivity index (χ0v) is 14.6. The second-order valence-electron chi connectivity index (χ2n) is 6.49. The first-order valence-electron chi connectivity index (χ1n) is 8.67. The van der Waals surface area contributed by atoms with Gasteiger partial charge in [0, 0.05) is 19.6 Å². The van der Waals surface area contributed by atoms with Crippen LogP contribution < -0.4 is 10.1 Å². The number of piperidine rings is 1. The van der Waals surface area contributed by atoms with Gasteiger partial charge in [-0.2, -0.15) is 5.10 Å². The van der Waals surface area contributed by atoms with Crippen LogP contribution in [0.1, 0.15) is 18.4 Å². The van der Waals surface area contributed by atoms with Crippen LogP contribution in [0.2, 0.25) is 0 Å². The van der Waals surface area contributed by atoms with Gasteiger partial charge < -0.3 is 10.1 Å². The third kappa shape index (κ3) is 5.29. The van der Waals surface area contributed by atoms with E-state index in [0.717, 1.165) is 37.4 Å². The van der Waals surface area contributed by atoms with Crippen LogP contribution in [0, 0.1) is 5.92 Å².